The minimum atomic E-state index is -3.55. The quantitative estimate of drug-likeness (QED) is 0.791. The molecule has 6 nitrogen and oxygen atoms in total. The monoisotopic (exact) mass is 314 g/mol. The van der Waals surface area contributed by atoms with Gasteiger partial charge in [-0.1, -0.05) is 0 Å². The van der Waals surface area contributed by atoms with E-state index in [9.17, 15) is 8.42 Å². The third kappa shape index (κ3) is 3.64. The summed E-state index contributed by atoms with van der Waals surface area (Å²) in [7, 11) is -3.55. The Morgan fingerprint density at radius 2 is 1.67 bits per heavy atom. The van der Waals surface area contributed by atoms with Gasteiger partial charge in [0.1, 0.15) is 4.90 Å². The van der Waals surface area contributed by atoms with E-state index in [4.69, 9.17) is 0 Å². The van der Waals surface area contributed by atoms with Crippen LogP contribution in [0.2, 0.25) is 0 Å². The average Bonchev–Trinajstić information content (AvgIpc) is 2.52. The second-order valence-electron chi connectivity index (χ2n) is 7.38. The minimum Gasteiger partial charge on any atom is -0.307 e. The predicted molar refractivity (Wildman–Crippen MR) is 82.7 cm³/mol. The van der Waals surface area contributed by atoms with Crippen LogP contribution in [0.1, 0.15) is 51.9 Å². The Bertz CT molecular complexity index is 596. The van der Waals surface area contributed by atoms with Gasteiger partial charge in [-0.3, -0.25) is 5.10 Å². The molecule has 3 N–H and O–H groups in total. The number of aromatic amines is 1. The molecule has 1 saturated heterocycles. The summed E-state index contributed by atoms with van der Waals surface area (Å²) < 4.78 is 28.1. The standard InChI is InChI=1S/C14H26N4O2S/c1-9-12(10(2)16-15-9)21(19,20)17-11-7-13(3,4)18-14(5,6)8-11/h11,17-18H,7-8H2,1-6H3,(H,15,16). The Balaban J connectivity index is 2.25. The van der Waals surface area contributed by atoms with Gasteiger partial charge in [-0.25, -0.2) is 13.1 Å². The molecule has 0 amide bonds. The van der Waals surface area contributed by atoms with Crippen LogP contribution < -0.4 is 10.0 Å². The topological polar surface area (TPSA) is 86.9 Å². The van der Waals surface area contributed by atoms with E-state index in [-0.39, 0.29) is 22.0 Å². The van der Waals surface area contributed by atoms with Gasteiger partial charge in [-0.2, -0.15) is 5.10 Å². The summed E-state index contributed by atoms with van der Waals surface area (Å²) in [5, 5.41) is 10.3. The van der Waals surface area contributed by atoms with E-state index in [0.29, 0.717) is 11.4 Å². The lowest BCUT2D eigenvalue weighted by Gasteiger charge is -2.46. The van der Waals surface area contributed by atoms with Crippen molar-refractivity contribution in [2.24, 2.45) is 0 Å². The number of H-pyrrole nitrogens is 1. The molecule has 7 heteroatoms. The summed E-state index contributed by atoms with van der Waals surface area (Å²) in [4.78, 5) is 0.275. The molecular weight excluding hydrogens is 288 g/mol. The molecule has 1 fully saturated rings. The summed E-state index contributed by atoms with van der Waals surface area (Å²) in [6.45, 7) is 11.8. The summed E-state index contributed by atoms with van der Waals surface area (Å²) in [5.41, 5.74) is 0.880. The van der Waals surface area contributed by atoms with Gasteiger partial charge in [0.05, 0.1) is 11.4 Å². The van der Waals surface area contributed by atoms with Crippen molar-refractivity contribution >= 4 is 10.0 Å². The van der Waals surface area contributed by atoms with Gasteiger partial charge in [-0.15, -0.1) is 0 Å². The fourth-order valence-corrected chi connectivity index (χ4v) is 5.23. The van der Waals surface area contributed by atoms with E-state index in [1.807, 2.05) is 0 Å². The van der Waals surface area contributed by atoms with Crippen molar-refractivity contribution in [1.29, 1.82) is 0 Å². The molecule has 0 radical (unpaired) electrons. The maximum absolute atomic E-state index is 12.6. The number of hydrogen-bond acceptors (Lipinski definition) is 4. The van der Waals surface area contributed by atoms with Crippen molar-refractivity contribution in [2.45, 2.75) is 76.4 Å². The maximum Gasteiger partial charge on any atom is 0.244 e. The number of hydrogen-bond donors (Lipinski definition) is 3. The summed E-state index contributed by atoms with van der Waals surface area (Å²) in [6.07, 6.45) is 1.51. The van der Waals surface area contributed by atoms with E-state index >= 15 is 0 Å². The molecule has 0 aromatic carbocycles. The first-order valence-electron chi connectivity index (χ1n) is 7.25. The van der Waals surface area contributed by atoms with E-state index in [1.165, 1.54) is 0 Å². The Labute approximate surface area is 127 Å². The highest BCUT2D eigenvalue weighted by atomic mass is 32.2. The number of nitrogens with one attached hydrogen (secondary N) is 3. The highest BCUT2D eigenvalue weighted by molar-refractivity contribution is 7.89. The zero-order valence-electron chi connectivity index (χ0n) is 13.7. The van der Waals surface area contributed by atoms with Crippen molar-refractivity contribution < 1.29 is 8.42 Å². The molecule has 2 heterocycles. The lowest BCUT2D eigenvalue weighted by Crippen LogP contribution is -2.62. The Morgan fingerprint density at radius 3 is 2.10 bits per heavy atom. The van der Waals surface area contributed by atoms with Crippen molar-refractivity contribution in [3.63, 3.8) is 0 Å². The largest absolute Gasteiger partial charge is 0.307 e. The molecule has 0 bridgehead atoms. The number of piperidine rings is 1. The van der Waals surface area contributed by atoms with E-state index < -0.39 is 10.0 Å². The highest BCUT2D eigenvalue weighted by Gasteiger charge is 2.39. The molecule has 0 unspecified atom stereocenters. The van der Waals surface area contributed by atoms with Crippen molar-refractivity contribution in [3.8, 4) is 0 Å². The fraction of sp³-hybridized carbons (Fsp3) is 0.786. The van der Waals surface area contributed by atoms with Crippen LogP contribution in [0.4, 0.5) is 0 Å². The molecule has 120 valence electrons. The molecule has 1 aromatic rings. The van der Waals surface area contributed by atoms with Gasteiger partial charge in [0.15, 0.2) is 0 Å². The van der Waals surface area contributed by atoms with Crippen molar-refractivity contribution in [3.05, 3.63) is 11.4 Å². The van der Waals surface area contributed by atoms with Gasteiger partial charge < -0.3 is 5.32 Å². The van der Waals surface area contributed by atoms with E-state index in [2.05, 4.69) is 47.9 Å². The third-order valence-electron chi connectivity index (χ3n) is 3.84. The van der Waals surface area contributed by atoms with Crippen LogP contribution in [0.5, 0.6) is 0 Å². The van der Waals surface area contributed by atoms with Crippen LogP contribution in [-0.2, 0) is 10.0 Å². The lowest BCUT2D eigenvalue weighted by atomic mass is 9.80. The predicted octanol–water partition coefficient (Wildman–Crippen LogP) is 1.61. The molecule has 0 saturated carbocycles. The average molecular weight is 314 g/mol. The van der Waals surface area contributed by atoms with Crippen LogP contribution in [0.3, 0.4) is 0 Å². The maximum atomic E-state index is 12.6. The smallest absolute Gasteiger partial charge is 0.244 e. The number of rotatable bonds is 3. The highest BCUT2D eigenvalue weighted by Crippen LogP contribution is 2.29. The molecule has 21 heavy (non-hydrogen) atoms. The van der Waals surface area contributed by atoms with Gasteiger partial charge in [0.2, 0.25) is 10.0 Å². The van der Waals surface area contributed by atoms with Crippen molar-refractivity contribution in [2.75, 3.05) is 0 Å². The first-order valence-corrected chi connectivity index (χ1v) is 8.73. The summed E-state index contributed by atoms with van der Waals surface area (Å²) in [6, 6.07) is -0.0880. The second kappa shape index (κ2) is 5.07. The number of aryl methyl sites for hydroxylation is 2. The van der Waals surface area contributed by atoms with Crippen LogP contribution in [0.25, 0.3) is 0 Å². The fourth-order valence-electron chi connectivity index (χ4n) is 3.62. The van der Waals surface area contributed by atoms with Gasteiger partial charge in [-0.05, 0) is 54.4 Å². The van der Waals surface area contributed by atoms with E-state index in [1.54, 1.807) is 13.8 Å². The Morgan fingerprint density at radius 1 is 1.14 bits per heavy atom. The SMILES string of the molecule is Cc1n[nH]c(C)c1S(=O)(=O)NC1CC(C)(C)NC(C)(C)C1. The number of nitrogens with zero attached hydrogens (tertiary/aromatic N) is 1. The molecule has 0 spiro atoms. The zero-order chi connectivity index (χ0) is 16.1. The molecule has 2 rings (SSSR count). The summed E-state index contributed by atoms with van der Waals surface area (Å²) in [5.74, 6) is 0. The number of aromatic nitrogens is 2. The molecule has 0 aliphatic carbocycles. The van der Waals surface area contributed by atoms with Crippen LogP contribution in [0.15, 0.2) is 4.90 Å². The van der Waals surface area contributed by atoms with Gasteiger partial charge in [0, 0.05) is 17.1 Å². The molecular formula is C14H26N4O2S. The normalized spacial score (nSPS) is 22.4. The Hall–Kier alpha value is -0.920. The molecule has 1 aromatic heterocycles. The second-order valence-corrected chi connectivity index (χ2v) is 9.03. The lowest BCUT2D eigenvalue weighted by molar-refractivity contribution is 0.157. The first kappa shape index (κ1) is 16.5. The minimum absolute atomic E-state index is 0.0880. The zero-order valence-corrected chi connectivity index (χ0v) is 14.5. The van der Waals surface area contributed by atoms with E-state index in [0.717, 1.165) is 12.8 Å². The molecule has 1 aliphatic rings. The van der Waals surface area contributed by atoms with Gasteiger partial charge in [0.25, 0.3) is 0 Å². The van der Waals surface area contributed by atoms with Crippen LogP contribution in [0, 0.1) is 13.8 Å². The van der Waals surface area contributed by atoms with Gasteiger partial charge >= 0.3 is 0 Å². The molecule has 1 aliphatic heterocycles. The Kier molecular flexibility index (Phi) is 3.97. The van der Waals surface area contributed by atoms with Crippen LogP contribution in [-0.4, -0.2) is 35.7 Å². The third-order valence-corrected chi connectivity index (χ3v) is 5.62. The molecule has 0 atom stereocenters. The summed E-state index contributed by atoms with van der Waals surface area (Å²) >= 11 is 0. The number of sulfonamides is 1. The first-order chi connectivity index (χ1) is 9.42. The van der Waals surface area contributed by atoms with Crippen LogP contribution >= 0.6 is 0 Å². The van der Waals surface area contributed by atoms with Crippen molar-refractivity contribution in [1.82, 2.24) is 20.2 Å².